The molecule has 0 fully saturated rings. The minimum absolute atomic E-state index is 0.0663. The van der Waals surface area contributed by atoms with Gasteiger partial charge in [0.2, 0.25) is 0 Å². The summed E-state index contributed by atoms with van der Waals surface area (Å²) in [6, 6.07) is 12.3. The Morgan fingerprint density at radius 3 is 2.81 bits per heavy atom. The number of benzene rings is 2. The number of halogens is 1. The van der Waals surface area contributed by atoms with E-state index in [0.717, 1.165) is 16.9 Å². The van der Waals surface area contributed by atoms with Gasteiger partial charge in [-0.3, -0.25) is 10.1 Å². The largest absolute Gasteiger partial charge is 0.323 e. The van der Waals surface area contributed by atoms with E-state index in [1.807, 2.05) is 35.8 Å². The Morgan fingerprint density at radius 1 is 1.29 bits per heavy atom. The minimum atomic E-state index is -0.389. The number of nitro benzene ring substituents is 1. The highest BCUT2D eigenvalue weighted by molar-refractivity contribution is 6.30. The van der Waals surface area contributed by atoms with Crippen LogP contribution < -0.4 is 0 Å². The lowest BCUT2D eigenvalue weighted by atomic mass is 10.1. The predicted octanol–water partition coefficient (Wildman–Crippen LogP) is 3.95. The van der Waals surface area contributed by atoms with Gasteiger partial charge in [-0.25, -0.2) is 4.98 Å². The number of rotatable bonds is 3. The third kappa shape index (κ3) is 2.48. The van der Waals surface area contributed by atoms with Crippen LogP contribution in [0.2, 0.25) is 5.02 Å². The van der Waals surface area contributed by atoms with E-state index < -0.39 is 0 Å². The Labute approximate surface area is 125 Å². The van der Waals surface area contributed by atoms with Crippen LogP contribution in [-0.2, 0) is 6.54 Å². The van der Waals surface area contributed by atoms with Gasteiger partial charge in [-0.05, 0) is 31.2 Å². The first kappa shape index (κ1) is 13.6. The van der Waals surface area contributed by atoms with Crippen molar-refractivity contribution in [1.82, 2.24) is 9.55 Å². The maximum absolute atomic E-state index is 11.1. The topological polar surface area (TPSA) is 61.0 Å². The quantitative estimate of drug-likeness (QED) is 0.543. The van der Waals surface area contributed by atoms with Gasteiger partial charge in [0.1, 0.15) is 5.82 Å². The number of para-hydroxylation sites is 2. The molecule has 6 heteroatoms. The minimum Gasteiger partial charge on any atom is -0.323 e. The summed E-state index contributed by atoms with van der Waals surface area (Å²) in [6.45, 7) is 2.25. The van der Waals surface area contributed by atoms with Crippen LogP contribution in [0.15, 0.2) is 42.5 Å². The second-order valence-corrected chi connectivity index (χ2v) is 5.20. The number of hydrogen-bond donors (Lipinski definition) is 0. The monoisotopic (exact) mass is 301 g/mol. The molecule has 0 unspecified atom stereocenters. The first-order valence-corrected chi connectivity index (χ1v) is 6.79. The molecule has 3 aromatic rings. The fourth-order valence-electron chi connectivity index (χ4n) is 2.42. The molecular formula is C15H12ClN3O2. The molecule has 0 radical (unpaired) electrons. The molecule has 1 heterocycles. The molecule has 0 saturated carbocycles. The number of fused-ring (bicyclic) bond motifs is 1. The van der Waals surface area contributed by atoms with Crippen LogP contribution in [0, 0.1) is 17.0 Å². The molecule has 0 spiro atoms. The number of nitro groups is 1. The summed E-state index contributed by atoms with van der Waals surface area (Å²) in [5.74, 6) is 0.811. The number of imidazole rings is 1. The van der Waals surface area contributed by atoms with Gasteiger partial charge >= 0.3 is 0 Å². The van der Waals surface area contributed by atoms with Gasteiger partial charge in [-0.1, -0.05) is 23.7 Å². The van der Waals surface area contributed by atoms with Gasteiger partial charge in [0, 0.05) is 11.1 Å². The zero-order valence-corrected chi connectivity index (χ0v) is 12.0. The van der Waals surface area contributed by atoms with Crippen LogP contribution in [-0.4, -0.2) is 14.5 Å². The first-order valence-electron chi connectivity index (χ1n) is 6.41. The number of aryl methyl sites for hydroxylation is 1. The fourth-order valence-corrected chi connectivity index (χ4v) is 2.62. The average Bonchev–Trinajstić information content (AvgIpc) is 2.75. The summed E-state index contributed by atoms with van der Waals surface area (Å²) in [4.78, 5) is 15.2. The lowest BCUT2D eigenvalue weighted by Crippen LogP contribution is -2.05. The Kier molecular flexibility index (Phi) is 3.35. The SMILES string of the molecule is Cc1nc2ccccc2n1Cc1cc(Cl)ccc1[N+](=O)[O-]. The third-order valence-electron chi connectivity index (χ3n) is 3.41. The van der Waals surface area contributed by atoms with Crippen molar-refractivity contribution in [2.24, 2.45) is 0 Å². The molecule has 0 saturated heterocycles. The molecule has 106 valence electrons. The molecule has 5 nitrogen and oxygen atoms in total. The van der Waals surface area contributed by atoms with Crippen LogP contribution in [0.3, 0.4) is 0 Å². The summed E-state index contributed by atoms with van der Waals surface area (Å²) in [5, 5.41) is 11.6. The van der Waals surface area contributed by atoms with Gasteiger partial charge < -0.3 is 4.57 Å². The van der Waals surface area contributed by atoms with Gasteiger partial charge in [-0.2, -0.15) is 0 Å². The highest BCUT2D eigenvalue weighted by atomic mass is 35.5. The molecule has 1 aromatic heterocycles. The van der Waals surface area contributed by atoms with E-state index >= 15 is 0 Å². The van der Waals surface area contributed by atoms with Crippen molar-refractivity contribution in [3.05, 3.63) is 69.0 Å². The summed E-state index contributed by atoms with van der Waals surface area (Å²) in [7, 11) is 0. The molecule has 21 heavy (non-hydrogen) atoms. The van der Waals surface area contributed by atoms with Gasteiger partial charge in [0.25, 0.3) is 5.69 Å². The van der Waals surface area contributed by atoms with Crippen LogP contribution >= 0.6 is 11.6 Å². The Hall–Kier alpha value is -2.40. The zero-order valence-electron chi connectivity index (χ0n) is 11.3. The number of nitrogens with zero attached hydrogens (tertiary/aromatic N) is 3. The van der Waals surface area contributed by atoms with Crippen LogP contribution in [0.4, 0.5) is 5.69 Å². The summed E-state index contributed by atoms with van der Waals surface area (Å²) in [5.41, 5.74) is 2.46. The summed E-state index contributed by atoms with van der Waals surface area (Å²) >= 11 is 5.97. The van der Waals surface area contributed by atoms with E-state index in [1.165, 1.54) is 12.1 Å². The van der Waals surface area contributed by atoms with Crippen LogP contribution in [0.25, 0.3) is 11.0 Å². The number of aromatic nitrogens is 2. The molecule has 0 aliphatic heterocycles. The van der Waals surface area contributed by atoms with Crippen molar-refractivity contribution in [2.75, 3.05) is 0 Å². The molecule has 3 rings (SSSR count). The molecule has 2 aromatic carbocycles. The summed E-state index contributed by atoms with van der Waals surface area (Å²) in [6.07, 6.45) is 0. The average molecular weight is 302 g/mol. The second-order valence-electron chi connectivity index (χ2n) is 4.76. The smallest absolute Gasteiger partial charge is 0.274 e. The zero-order chi connectivity index (χ0) is 15.0. The molecule has 0 atom stereocenters. The second kappa shape index (κ2) is 5.18. The van der Waals surface area contributed by atoms with E-state index in [1.54, 1.807) is 6.07 Å². The van der Waals surface area contributed by atoms with Gasteiger partial charge in [0.05, 0.1) is 28.1 Å². The highest BCUT2D eigenvalue weighted by Gasteiger charge is 2.16. The standard InChI is InChI=1S/C15H12ClN3O2/c1-10-17-13-4-2-3-5-15(13)18(10)9-11-8-12(16)6-7-14(11)19(20)21/h2-8H,9H2,1H3. The summed E-state index contributed by atoms with van der Waals surface area (Å²) < 4.78 is 1.95. The van der Waals surface area contributed by atoms with E-state index in [-0.39, 0.29) is 10.6 Å². The molecule has 0 aliphatic carbocycles. The van der Waals surface area contributed by atoms with Crippen molar-refractivity contribution in [1.29, 1.82) is 0 Å². The predicted molar refractivity (Wildman–Crippen MR) is 81.7 cm³/mol. The van der Waals surface area contributed by atoms with Crippen molar-refractivity contribution < 1.29 is 4.92 Å². The molecule has 0 amide bonds. The molecular weight excluding hydrogens is 290 g/mol. The number of hydrogen-bond acceptors (Lipinski definition) is 3. The molecule has 0 N–H and O–H groups in total. The highest BCUT2D eigenvalue weighted by Crippen LogP contribution is 2.25. The third-order valence-corrected chi connectivity index (χ3v) is 3.65. The lowest BCUT2D eigenvalue weighted by molar-refractivity contribution is -0.385. The van der Waals surface area contributed by atoms with Gasteiger partial charge in [-0.15, -0.1) is 0 Å². The van der Waals surface area contributed by atoms with Crippen molar-refractivity contribution in [3.8, 4) is 0 Å². The Bertz CT molecular complexity index is 842. The van der Waals surface area contributed by atoms with E-state index in [2.05, 4.69) is 4.98 Å². The van der Waals surface area contributed by atoms with E-state index in [0.29, 0.717) is 17.1 Å². The fraction of sp³-hybridized carbons (Fsp3) is 0.133. The lowest BCUT2D eigenvalue weighted by Gasteiger charge is -2.08. The Morgan fingerprint density at radius 2 is 2.05 bits per heavy atom. The van der Waals surface area contributed by atoms with Crippen molar-refractivity contribution in [3.63, 3.8) is 0 Å². The molecule has 0 bridgehead atoms. The van der Waals surface area contributed by atoms with Crippen LogP contribution in [0.1, 0.15) is 11.4 Å². The van der Waals surface area contributed by atoms with Crippen LogP contribution in [0.5, 0.6) is 0 Å². The van der Waals surface area contributed by atoms with Gasteiger partial charge in [0.15, 0.2) is 0 Å². The van der Waals surface area contributed by atoms with E-state index in [9.17, 15) is 10.1 Å². The maximum Gasteiger partial charge on any atom is 0.274 e. The molecule has 0 aliphatic rings. The maximum atomic E-state index is 11.1. The van der Waals surface area contributed by atoms with E-state index in [4.69, 9.17) is 11.6 Å². The Balaban J connectivity index is 2.13. The normalized spacial score (nSPS) is 11.0. The van der Waals surface area contributed by atoms with Crippen molar-refractivity contribution in [2.45, 2.75) is 13.5 Å². The first-order chi connectivity index (χ1) is 10.1. The van der Waals surface area contributed by atoms with Crippen molar-refractivity contribution >= 4 is 28.3 Å².